The Morgan fingerprint density at radius 1 is 1.28 bits per heavy atom. The summed E-state index contributed by atoms with van der Waals surface area (Å²) in [6.07, 6.45) is 2.46. The first-order valence-electron chi connectivity index (χ1n) is 4.95. The first-order chi connectivity index (χ1) is 8.59. The van der Waals surface area contributed by atoms with Gasteiger partial charge in [-0.1, -0.05) is 6.07 Å². The number of aromatic carboxylic acids is 1. The molecule has 0 saturated heterocycles. The van der Waals surface area contributed by atoms with Crippen molar-refractivity contribution in [2.24, 2.45) is 0 Å². The second-order valence-electron chi connectivity index (χ2n) is 3.43. The lowest BCUT2D eigenvalue weighted by atomic mass is 10.1. The molecule has 5 nitrogen and oxygen atoms in total. The molecule has 0 saturated carbocycles. The number of carboxylic acids is 1. The van der Waals surface area contributed by atoms with Gasteiger partial charge in [-0.15, -0.1) is 0 Å². The summed E-state index contributed by atoms with van der Waals surface area (Å²) >= 11 is 0. The highest BCUT2D eigenvalue weighted by atomic mass is 19.1. The molecule has 18 heavy (non-hydrogen) atoms. The third-order valence-corrected chi connectivity index (χ3v) is 2.27. The van der Waals surface area contributed by atoms with Gasteiger partial charge >= 0.3 is 5.97 Å². The molecule has 0 aliphatic heterocycles. The Morgan fingerprint density at radius 2 is 2.06 bits per heavy atom. The van der Waals surface area contributed by atoms with E-state index >= 15 is 0 Å². The summed E-state index contributed by atoms with van der Waals surface area (Å²) in [5.41, 5.74) is -0.502. The summed E-state index contributed by atoms with van der Waals surface area (Å²) in [6, 6.07) is 4.91. The third kappa shape index (κ3) is 2.22. The van der Waals surface area contributed by atoms with Crippen molar-refractivity contribution in [3.05, 3.63) is 53.7 Å². The quantitative estimate of drug-likeness (QED) is 0.875. The first kappa shape index (κ1) is 11.8. The number of carboxylic acid groups (broad SMARTS) is 1. The van der Waals surface area contributed by atoms with Crippen LogP contribution in [0.5, 0.6) is 0 Å². The maximum Gasteiger partial charge on any atom is 0.337 e. The molecule has 0 radical (unpaired) electrons. The highest BCUT2D eigenvalue weighted by Crippen LogP contribution is 2.20. The summed E-state index contributed by atoms with van der Waals surface area (Å²) in [5, 5.41) is 11.1. The lowest BCUT2D eigenvalue weighted by Crippen LogP contribution is -2.15. The minimum absolute atomic E-state index is 0.176. The maximum atomic E-state index is 13.5. The van der Waals surface area contributed by atoms with Crippen molar-refractivity contribution >= 4 is 17.6 Å². The van der Waals surface area contributed by atoms with Gasteiger partial charge in [0.05, 0.1) is 23.1 Å². The van der Waals surface area contributed by atoms with Crippen molar-refractivity contribution < 1.29 is 23.5 Å². The van der Waals surface area contributed by atoms with Crippen LogP contribution in [-0.2, 0) is 0 Å². The van der Waals surface area contributed by atoms with E-state index in [4.69, 9.17) is 9.52 Å². The second-order valence-corrected chi connectivity index (χ2v) is 3.43. The number of anilines is 1. The van der Waals surface area contributed by atoms with Crippen molar-refractivity contribution in [3.8, 4) is 0 Å². The van der Waals surface area contributed by atoms with Crippen LogP contribution in [0.2, 0.25) is 0 Å². The largest absolute Gasteiger partial charge is 0.478 e. The molecule has 0 spiro atoms. The predicted molar refractivity (Wildman–Crippen MR) is 60.0 cm³/mol. The van der Waals surface area contributed by atoms with Crippen LogP contribution in [0.4, 0.5) is 10.1 Å². The second kappa shape index (κ2) is 4.70. The highest BCUT2D eigenvalue weighted by Gasteiger charge is 2.17. The highest BCUT2D eigenvalue weighted by molar-refractivity contribution is 6.07. The first-order valence-corrected chi connectivity index (χ1v) is 4.95. The Balaban J connectivity index is 2.34. The van der Waals surface area contributed by atoms with E-state index in [2.05, 4.69) is 5.32 Å². The van der Waals surface area contributed by atoms with Gasteiger partial charge in [-0.25, -0.2) is 9.18 Å². The van der Waals surface area contributed by atoms with Gasteiger partial charge in [-0.3, -0.25) is 4.79 Å². The van der Waals surface area contributed by atoms with Gasteiger partial charge in [0.15, 0.2) is 0 Å². The number of nitrogens with one attached hydrogen (secondary N) is 1. The molecular weight excluding hydrogens is 241 g/mol. The Morgan fingerprint density at radius 3 is 2.67 bits per heavy atom. The number of halogens is 1. The van der Waals surface area contributed by atoms with Gasteiger partial charge < -0.3 is 14.8 Å². The van der Waals surface area contributed by atoms with Crippen molar-refractivity contribution in [1.29, 1.82) is 0 Å². The summed E-state index contributed by atoms with van der Waals surface area (Å²) in [5.74, 6) is -2.78. The number of rotatable bonds is 3. The van der Waals surface area contributed by atoms with Gasteiger partial charge in [0, 0.05) is 0 Å². The lowest BCUT2D eigenvalue weighted by molar-refractivity contribution is 0.0697. The minimum atomic E-state index is -1.32. The number of benzene rings is 1. The number of hydrogen-bond acceptors (Lipinski definition) is 3. The molecule has 0 aliphatic rings. The molecule has 0 aliphatic carbocycles. The third-order valence-electron chi connectivity index (χ3n) is 2.27. The smallest absolute Gasteiger partial charge is 0.337 e. The van der Waals surface area contributed by atoms with E-state index in [-0.39, 0.29) is 16.8 Å². The summed E-state index contributed by atoms with van der Waals surface area (Å²) in [7, 11) is 0. The Bertz CT molecular complexity index is 592. The van der Waals surface area contributed by atoms with Gasteiger partial charge in [-0.05, 0) is 18.2 Å². The molecule has 1 amide bonds. The van der Waals surface area contributed by atoms with Gasteiger partial charge in [0.1, 0.15) is 12.1 Å². The van der Waals surface area contributed by atoms with Gasteiger partial charge in [0.2, 0.25) is 0 Å². The number of hydrogen-bond donors (Lipinski definition) is 2. The molecule has 0 bridgehead atoms. The molecule has 6 heteroatoms. The molecule has 1 heterocycles. The van der Waals surface area contributed by atoms with Crippen LogP contribution in [-0.4, -0.2) is 17.0 Å². The van der Waals surface area contributed by atoms with Crippen molar-refractivity contribution in [3.63, 3.8) is 0 Å². The van der Waals surface area contributed by atoms with E-state index < -0.39 is 17.7 Å². The van der Waals surface area contributed by atoms with E-state index in [1.807, 2.05) is 0 Å². The fourth-order valence-electron chi connectivity index (χ4n) is 1.41. The molecule has 1 aromatic heterocycles. The summed E-state index contributed by atoms with van der Waals surface area (Å²) < 4.78 is 18.2. The van der Waals surface area contributed by atoms with Crippen molar-refractivity contribution in [1.82, 2.24) is 0 Å². The predicted octanol–water partition coefficient (Wildman–Crippen LogP) is 2.37. The van der Waals surface area contributed by atoms with Crippen LogP contribution in [0.1, 0.15) is 20.7 Å². The number of amides is 1. The average Bonchev–Trinajstić information content (AvgIpc) is 2.85. The van der Waals surface area contributed by atoms with E-state index in [0.717, 1.165) is 6.07 Å². The monoisotopic (exact) mass is 249 g/mol. The fourth-order valence-corrected chi connectivity index (χ4v) is 1.41. The van der Waals surface area contributed by atoms with E-state index in [1.54, 1.807) is 0 Å². The van der Waals surface area contributed by atoms with Crippen LogP contribution in [0, 0.1) is 5.82 Å². The van der Waals surface area contributed by atoms with Gasteiger partial charge in [0.25, 0.3) is 5.91 Å². The lowest BCUT2D eigenvalue weighted by Gasteiger charge is -2.08. The Labute approximate surface area is 101 Å². The maximum absolute atomic E-state index is 13.5. The van der Waals surface area contributed by atoms with Crippen LogP contribution in [0.25, 0.3) is 0 Å². The number of furan rings is 1. The zero-order valence-corrected chi connectivity index (χ0v) is 9.01. The minimum Gasteiger partial charge on any atom is -0.478 e. The zero-order chi connectivity index (χ0) is 13.1. The van der Waals surface area contributed by atoms with E-state index in [0.29, 0.717) is 0 Å². The van der Waals surface area contributed by atoms with Crippen molar-refractivity contribution in [2.45, 2.75) is 0 Å². The normalized spacial score (nSPS) is 10.1. The van der Waals surface area contributed by atoms with E-state index in [1.165, 1.54) is 30.7 Å². The van der Waals surface area contributed by atoms with Crippen LogP contribution >= 0.6 is 0 Å². The zero-order valence-electron chi connectivity index (χ0n) is 9.01. The molecule has 0 unspecified atom stereocenters. The van der Waals surface area contributed by atoms with E-state index in [9.17, 15) is 14.0 Å². The number of carbonyl (C=O) groups excluding carboxylic acids is 1. The molecular formula is C12H8FNO4. The summed E-state index contributed by atoms with van der Waals surface area (Å²) in [4.78, 5) is 22.6. The fraction of sp³-hybridized carbons (Fsp3) is 0. The van der Waals surface area contributed by atoms with Gasteiger partial charge in [-0.2, -0.15) is 0 Å². The average molecular weight is 249 g/mol. The SMILES string of the molecule is O=C(Nc1c(F)cccc1C(=O)O)c1ccoc1. The standard InChI is InChI=1S/C12H8FNO4/c13-9-3-1-2-8(12(16)17)10(9)14-11(15)7-4-5-18-6-7/h1-6H,(H,14,15)(H,16,17). The molecule has 1 aromatic carbocycles. The molecule has 0 atom stereocenters. The van der Waals surface area contributed by atoms with Crippen LogP contribution < -0.4 is 5.32 Å². The molecule has 2 aromatic rings. The van der Waals surface area contributed by atoms with Crippen LogP contribution in [0.3, 0.4) is 0 Å². The van der Waals surface area contributed by atoms with Crippen LogP contribution in [0.15, 0.2) is 41.2 Å². The number of carbonyl (C=O) groups is 2. The number of para-hydroxylation sites is 1. The summed E-state index contributed by atoms with van der Waals surface area (Å²) in [6.45, 7) is 0. The molecule has 92 valence electrons. The Kier molecular flexibility index (Phi) is 3.09. The Hall–Kier alpha value is -2.63. The molecule has 2 rings (SSSR count). The van der Waals surface area contributed by atoms with Crippen molar-refractivity contribution in [2.75, 3.05) is 5.32 Å². The molecule has 2 N–H and O–H groups in total. The molecule has 0 fully saturated rings. The topological polar surface area (TPSA) is 79.5 Å².